The molecular weight excluding hydrogens is 198 g/mol. The summed E-state index contributed by atoms with van der Waals surface area (Å²) in [7, 11) is 0. The fourth-order valence-electron chi connectivity index (χ4n) is 1.07. The summed E-state index contributed by atoms with van der Waals surface area (Å²) in [5.41, 5.74) is 8.00. The normalized spacial score (nSPS) is 10.0. The van der Waals surface area contributed by atoms with Crippen molar-refractivity contribution >= 4 is 22.9 Å². The molecule has 2 rings (SSSR count). The molecule has 0 atom stereocenters. The molecule has 2 N–H and O–H groups in total. The van der Waals surface area contributed by atoms with Crippen molar-refractivity contribution in [2.75, 3.05) is 5.73 Å². The molecule has 14 heavy (non-hydrogen) atoms. The Kier molecular flexibility index (Phi) is 2.24. The second-order valence-electron chi connectivity index (χ2n) is 2.64. The lowest BCUT2D eigenvalue weighted by molar-refractivity contribution is 0.103. The molecule has 2 aromatic rings. The van der Waals surface area contributed by atoms with Crippen LogP contribution in [-0.4, -0.2) is 15.8 Å². The summed E-state index contributed by atoms with van der Waals surface area (Å²) in [6.45, 7) is 0. The lowest BCUT2D eigenvalue weighted by Crippen LogP contribution is -2.06. The molecule has 0 radical (unpaired) electrons. The number of carbonyl (C=O) groups is 1. The van der Waals surface area contributed by atoms with Gasteiger partial charge in [0.25, 0.3) is 0 Å². The van der Waals surface area contributed by atoms with E-state index in [-0.39, 0.29) is 11.6 Å². The molecule has 0 fully saturated rings. The maximum Gasteiger partial charge on any atom is 0.215 e. The largest absolute Gasteiger partial charge is 0.383 e. The van der Waals surface area contributed by atoms with Gasteiger partial charge in [-0.1, -0.05) is 0 Å². The fourth-order valence-corrected chi connectivity index (χ4v) is 1.60. The first-order valence-corrected chi connectivity index (χ1v) is 4.86. The van der Waals surface area contributed by atoms with Gasteiger partial charge in [-0.25, -0.2) is 9.97 Å². The zero-order valence-electron chi connectivity index (χ0n) is 7.18. The van der Waals surface area contributed by atoms with Crippen molar-refractivity contribution in [3.05, 3.63) is 40.5 Å². The monoisotopic (exact) mass is 205 g/mol. The quantitative estimate of drug-likeness (QED) is 0.751. The van der Waals surface area contributed by atoms with Crippen LogP contribution in [0, 0.1) is 0 Å². The number of nitrogens with two attached hydrogens (primary N) is 1. The minimum absolute atomic E-state index is 0.183. The molecule has 5 heteroatoms. The van der Waals surface area contributed by atoms with Crippen molar-refractivity contribution in [1.82, 2.24) is 9.97 Å². The van der Waals surface area contributed by atoms with Gasteiger partial charge in [-0.15, -0.1) is 11.3 Å². The highest BCUT2D eigenvalue weighted by Crippen LogP contribution is 2.13. The first-order chi connectivity index (χ1) is 6.79. The van der Waals surface area contributed by atoms with Gasteiger partial charge in [-0.05, 0) is 12.1 Å². The number of thiazole rings is 1. The highest BCUT2D eigenvalue weighted by Gasteiger charge is 2.13. The maximum atomic E-state index is 11.8. The van der Waals surface area contributed by atoms with Gasteiger partial charge in [0.2, 0.25) is 5.78 Å². The number of hydrogen-bond donors (Lipinski definition) is 1. The van der Waals surface area contributed by atoms with Crippen molar-refractivity contribution < 1.29 is 4.79 Å². The number of ketones is 1. The highest BCUT2D eigenvalue weighted by atomic mass is 32.1. The summed E-state index contributed by atoms with van der Waals surface area (Å²) >= 11 is 1.38. The summed E-state index contributed by atoms with van der Waals surface area (Å²) in [5.74, 6) is 0.0577. The molecule has 0 unspecified atom stereocenters. The number of hydrogen-bond acceptors (Lipinski definition) is 5. The average Bonchev–Trinajstić information content (AvgIpc) is 2.70. The SMILES string of the molecule is Nc1ncccc1C(=O)c1cscn1. The van der Waals surface area contributed by atoms with Crippen LogP contribution in [0.3, 0.4) is 0 Å². The molecule has 0 aliphatic rings. The Hall–Kier alpha value is -1.75. The molecule has 0 saturated heterocycles. The van der Waals surface area contributed by atoms with Crippen LogP contribution in [0.2, 0.25) is 0 Å². The second-order valence-corrected chi connectivity index (χ2v) is 3.36. The van der Waals surface area contributed by atoms with Gasteiger partial charge < -0.3 is 5.73 Å². The summed E-state index contributed by atoms with van der Waals surface area (Å²) < 4.78 is 0. The standard InChI is InChI=1S/C9H7N3OS/c10-9-6(2-1-3-11-9)8(13)7-4-14-5-12-7/h1-5H,(H2,10,11). The van der Waals surface area contributed by atoms with Gasteiger partial charge >= 0.3 is 0 Å². The highest BCUT2D eigenvalue weighted by molar-refractivity contribution is 7.07. The average molecular weight is 205 g/mol. The molecule has 0 aromatic carbocycles. The predicted molar refractivity (Wildman–Crippen MR) is 54.2 cm³/mol. The molecule has 4 nitrogen and oxygen atoms in total. The van der Waals surface area contributed by atoms with Crippen LogP contribution in [-0.2, 0) is 0 Å². The molecule has 0 bridgehead atoms. The van der Waals surface area contributed by atoms with E-state index in [1.54, 1.807) is 29.2 Å². The first kappa shape index (κ1) is 8.83. The number of pyridine rings is 1. The van der Waals surface area contributed by atoms with Crippen LogP contribution in [0.5, 0.6) is 0 Å². The van der Waals surface area contributed by atoms with Gasteiger partial charge in [0.05, 0.1) is 11.1 Å². The Morgan fingerprint density at radius 1 is 1.43 bits per heavy atom. The van der Waals surface area contributed by atoms with E-state index in [0.29, 0.717) is 11.3 Å². The smallest absolute Gasteiger partial charge is 0.215 e. The third kappa shape index (κ3) is 1.49. The second kappa shape index (κ2) is 3.55. The van der Waals surface area contributed by atoms with Gasteiger partial charge in [0.15, 0.2) is 0 Å². The van der Waals surface area contributed by atoms with Gasteiger partial charge in [-0.3, -0.25) is 4.79 Å². The molecule has 0 spiro atoms. The van der Waals surface area contributed by atoms with Crippen LogP contribution in [0.15, 0.2) is 29.2 Å². The van der Waals surface area contributed by atoms with Crippen molar-refractivity contribution in [2.45, 2.75) is 0 Å². The Balaban J connectivity index is 2.42. The Labute approximate surface area is 84.4 Å². The molecule has 0 aliphatic carbocycles. The van der Waals surface area contributed by atoms with E-state index in [1.165, 1.54) is 11.3 Å². The zero-order valence-corrected chi connectivity index (χ0v) is 7.99. The van der Waals surface area contributed by atoms with Crippen molar-refractivity contribution in [3.8, 4) is 0 Å². The molecule has 2 aromatic heterocycles. The van der Waals surface area contributed by atoms with Crippen LogP contribution >= 0.6 is 11.3 Å². The zero-order chi connectivity index (χ0) is 9.97. The summed E-state index contributed by atoms with van der Waals surface area (Å²) in [6, 6.07) is 3.32. The Bertz CT molecular complexity index is 453. The fraction of sp³-hybridized carbons (Fsp3) is 0. The summed E-state index contributed by atoms with van der Waals surface area (Å²) in [4.78, 5) is 19.5. The van der Waals surface area contributed by atoms with E-state index in [2.05, 4.69) is 9.97 Å². The number of nitrogens with zero attached hydrogens (tertiary/aromatic N) is 2. The third-order valence-corrected chi connectivity index (χ3v) is 2.33. The van der Waals surface area contributed by atoms with Gasteiger partial charge in [-0.2, -0.15) is 0 Å². The Morgan fingerprint density at radius 3 is 2.93 bits per heavy atom. The van der Waals surface area contributed by atoms with Crippen molar-refractivity contribution in [1.29, 1.82) is 0 Å². The van der Waals surface area contributed by atoms with E-state index >= 15 is 0 Å². The molecule has 70 valence electrons. The third-order valence-electron chi connectivity index (χ3n) is 1.75. The summed E-state index contributed by atoms with van der Waals surface area (Å²) in [6.07, 6.45) is 1.55. The molecule has 0 amide bonds. The maximum absolute atomic E-state index is 11.8. The van der Waals surface area contributed by atoms with E-state index in [4.69, 9.17) is 5.73 Å². The topological polar surface area (TPSA) is 68.9 Å². The van der Waals surface area contributed by atoms with Crippen LogP contribution in [0.25, 0.3) is 0 Å². The van der Waals surface area contributed by atoms with Gasteiger partial charge in [0.1, 0.15) is 11.5 Å². The van der Waals surface area contributed by atoms with E-state index in [1.807, 2.05) is 0 Å². The number of nitrogen functional groups attached to an aromatic ring is 1. The number of aromatic nitrogens is 2. The van der Waals surface area contributed by atoms with Crippen molar-refractivity contribution in [3.63, 3.8) is 0 Å². The number of carbonyl (C=O) groups excluding carboxylic acids is 1. The molecule has 2 heterocycles. The van der Waals surface area contributed by atoms with Crippen molar-refractivity contribution in [2.24, 2.45) is 0 Å². The van der Waals surface area contributed by atoms with Crippen LogP contribution < -0.4 is 5.73 Å². The Morgan fingerprint density at radius 2 is 2.29 bits per heavy atom. The van der Waals surface area contributed by atoms with Gasteiger partial charge in [0, 0.05) is 11.6 Å². The lowest BCUT2D eigenvalue weighted by atomic mass is 10.1. The molecule has 0 saturated carbocycles. The molecular formula is C9H7N3OS. The first-order valence-electron chi connectivity index (χ1n) is 3.92. The van der Waals surface area contributed by atoms with Crippen LogP contribution in [0.4, 0.5) is 5.82 Å². The lowest BCUT2D eigenvalue weighted by Gasteiger charge is -1.99. The van der Waals surface area contributed by atoms with E-state index < -0.39 is 0 Å². The van der Waals surface area contributed by atoms with Crippen LogP contribution in [0.1, 0.15) is 16.1 Å². The molecule has 0 aliphatic heterocycles. The predicted octanol–water partition coefficient (Wildman–Crippen LogP) is 1.35. The minimum atomic E-state index is -0.183. The summed E-state index contributed by atoms with van der Waals surface area (Å²) in [5, 5.41) is 1.69. The van der Waals surface area contributed by atoms with E-state index in [0.717, 1.165) is 0 Å². The number of anilines is 1. The number of rotatable bonds is 2. The minimum Gasteiger partial charge on any atom is -0.383 e. The van der Waals surface area contributed by atoms with E-state index in [9.17, 15) is 4.79 Å².